The smallest absolute Gasteiger partial charge is 0.294 e. The molecule has 0 spiro atoms. The number of Topliss-reactive ketones (excluding diaryl/α,β-unsaturated/α-hetero) is 1. The van der Waals surface area contributed by atoms with E-state index < -0.39 is 0 Å². The fraction of sp³-hybridized carbons (Fsp3) is 0.200. The number of fused-ring (bicyclic) bond motifs is 1. The van der Waals surface area contributed by atoms with Gasteiger partial charge in [0.05, 0.1) is 17.4 Å². The molecular formula is C25H23N3O3. The molecule has 2 aromatic heterocycles. The van der Waals surface area contributed by atoms with Gasteiger partial charge >= 0.3 is 5.69 Å². The lowest BCUT2D eigenvalue weighted by molar-refractivity contribution is 0.0988. The third-order valence-electron chi connectivity index (χ3n) is 5.39. The number of aryl methyl sites for hydroxylation is 1. The summed E-state index contributed by atoms with van der Waals surface area (Å²) in [6.07, 6.45) is 2.64. The Morgan fingerprint density at radius 2 is 1.65 bits per heavy atom. The van der Waals surface area contributed by atoms with Gasteiger partial charge in [0.25, 0.3) is 5.56 Å². The second kappa shape index (κ2) is 8.92. The van der Waals surface area contributed by atoms with Crippen molar-refractivity contribution in [1.82, 2.24) is 14.1 Å². The zero-order valence-corrected chi connectivity index (χ0v) is 17.3. The minimum atomic E-state index is -0.353. The van der Waals surface area contributed by atoms with Crippen molar-refractivity contribution in [3.8, 4) is 0 Å². The van der Waals surface area contributed by atoms with Crippen LogP contribution < -0.4 is 11.2 Å². The van der Waals surface area contributed by atoms with E-state index in [1.165, 1.54) is 4.57 Å². The lowest BCUT2D eigenvalue weighted by atomic mass is 10.1. The first-order valence-electron chi connectivity index (χ1n) is 10.3. The van der Waals surface area contributed by atoms with Gasteiger partial charge in [0.1, 0.15) is 0 Å². The molecule has 0 radical (unpaired) electrons. The van der Waals surface area contributed by atoms with Crippen molar-refractivity contribution in [2.24, 2.45) is 0 Å². The Hall–Kier alpha value is -3.80. The molecule has 0 unspecified atom stereocenters. The summed E-state index contributed by atoms with van der Waals surface area (Å²) in [5.74, 6) is 0.0808. The topological polar surface area (TPSA) is 74.0 Å². The first kappa shape index (κ1) is 20.5. The van der Waals surface area contributed by atoms with Crippen LogP contribution in [0.4, 0.5) is 0 Å². The number of pyridine rings is 1. The number of hydrogen-bond acceptors (Lipinski definition) is 4. The van der Waals surface area contributed by atoms with Crippen LogP contribution in [0.25, 0.3) is 10.9 Å². The highest BCUT2D eigenvalue weighted by atomic mass is 16.2. The molecular weight excluding hydrogens is 390 g/mol. The average molecular weight is 413 g/mol. The van der Waals surface area contributed by atoms with Gasteiger partial charge in [-0.3, -0.25) is 23.7 Å². The minimum Gasteiger partial charge on any atom is -0.294 e. The van der Waals surface area contributed by atoms with E-state index in [2.05, 4.69) is 4.98 Å². The molecule has 6 heteroatoms. The molecule has 0 bridgehead atoms. The number of rotatable bonds is 7. The van der Waals surface area contributed by atoms with Gasteiger partial charge in [-0.2, -0.15) is 0 Å². The van der Waals surface area contributed by atoms with Crippen molar-refractivity contribution >= 4 is 16.7 Å². The number of carbonyl (C=O) groups excluding carboxylic acids is 1. The summed E-state index contributed by atoms with van der Waals surface area (Å²) in [7, 11) is 0. The second-order valence-electron chi connectivity index (χ2n) is 7.39. The van der Waals surface area contributed by atoms with Crippen LogP contribution in [0, 0.1) is 0 Å². The molecule has 0 aliphatic heterocycles. The SMILES string of the molecule is CCC(=O)c1ccc(Cn2c(=O)n(CCc3ccccn3)c(=O)c3ccccc32)cc1. The Bertz CT molecular complexity index is 1340. The van der Waals surface area contributed by atoms with Crippen LogP contribution in [0.2, 0.25) is 0 Å². The number of benzene rings is 2. The predicted molar refractivity (Wildman–Crippen MR) is 121 cm³/mol. The largest absolute Gasteiger partial charge is 0.331 e. The zero-order valence-electron chi connectivity index (χ0n) is 17.3. The van der Waals surface area contributed by atoms with E-state index in [1.807, 2.05) is 43.3 Å². The summed E-state index contributed by atoms with van der Waals surface area (Å²) in [6.45, 7) is 2.39. The van der Waals surface area contributed by atoms with E-state index in [-0.39, 0.29) is 23.6 Å². The Labute approximate surface area is 179 Å². The number of carbonyl (C=O) groups is 1. The molecule has 156 valence electrons. The van der Waals surface area contributed by atoms with Crippen molar-refractivity contribution in [1.29, 1.82) is 0 Å². The number of para-hydroxylation sites is 1. The zero-order chi connectivity index (χ0) is 21.8. The lowest BCUT2D eigenvalue weighted by Gasteiger charge is -2.14. The highest BCUT2D eigenvalue weighted by Gasteiger charge is 2.14. The van der Waals surface area contributed by atoms with E-state index in [0.29, 0.717) is 35.9 Å². The Balaban J connectivity index is 1.74. The molecule has 0 amide bonds. The second-order valence-corrected chi connectivity index (χ2v) is 7.39. The van der Waals surface area contributed by atoms with Crippen LogP contribution in [-0.2, 0) is 19.5 Å². The highest BCUT2D eigenvalue weighted by Crippen LogP contribution is 2.12. The third-order valence-corrected chi connectivity index (χ3v) is 5.39. The van der Waals surface area contributed by atoms with Crippen LogP contribution in [0.15, 0.2) is 82.5 Å². The maximum absolute atomic E-state index is 13.3. The van der Waals surface area contributed by atoms with Crippen molar-refractivity contribution in [2.45, 2.75) is 32.9 Å². The Kier molecular flexibility index (Phi) is 5.89. The third kappa shape index (κ3) is 4.23. The molecule has 6 nitrogen and oxygen atoms in total. The number of aromatic nitrogens is 3. The number of ketones is 1. The van der Waals surface area contributed by atoms with Crippen molar-refractivity contribution in [3.05, 3.63) is 111 Å². The molecule has 2 heterocycles. The fourth-order valence-corrected chi connectivity index (χ4v) is 3.68. The molecule has 0 fully saturated rings. The van der Waals surface area contributed by atoms with E-state index in [9.17, 15) is 14.4 Å². The van der Waals surface area contributed by atoms with Gasteiger partial charge in [-0.05, 0) is 29.8 Å². The first-order chi connectivity index (χ1) is 15.1. The van der Waals surface area contributed by atoms with Crippen LogP contribution >= 0.6 is 0 Å². The molecule has 4 rings (SSSR count). The molecule has 0 N–H and O–H groups in total. The van der Waals surface area contributed by atoms with E-state index in [0.717, 1.165) is 11.3 Å². The van der Waals surface area contributed by atoms with Crippen molar-refractivity contribution in [2.75, 3.05) is 0 Å². The van der Waals surface area contributed by atoms with Gasteiger partial charge in [0.15, 0.2) is 5.78 Å². The van der Waals surface area contributed by atoms with E-state index in [4.69, 9.17) is 0 Å². The van der Waals surface area contributed by atoms with Gasteiger partial charge in [0, 0.05) is 36.8 Å². The predicted octanol–water partition coefficient (Wildman–Crippen LogP) is 3.44. The van der Waals surface area contributed by atoms with E-state index in [1.54, 1.807) is 41.1 Å². The van der Waals surface area contributed by atoms with Crippen LogP contribution in [0.3, 0.4) is 0 Å². The summed E-state index contributed by atoms with van der Waals surface area (Å²) in [6, 6.07) is 20.0. The Morgan fingerprint density at radius 3 is 2.35 bits per heavy atom. The fourth-order valence-electron chi connectivity index (χ4n) is 3.68. The first-order valence-corrected chi connectivity index (χ1v) is 10.3. The van der Waals surface area contributed by atoms with Crippen LogP contribution in [-0.4, -0.2) is 19.9 Å². The Morgan fingerprint density at radius 1 is 0.903 bits per heavy atom. The summed E-state index contributed by atoms with van der Waals surface area (Å²) < 4.78 is 2.90. The summed E-state index contributed by atoms with van der Waals surface area (Å²) in [4.78, 5) is 42.5. The standard InChI is InChI=1S/C25H23N3O3/c1-2-23(29)19-12-10-18(11-13-19)17-28-22-9-4-3-8-21(22)24(30)27(25(28)31)16-14-20-7-5-6-15-26-20/h3-13,15H,2,14,16-17H2,1H3. The van der Waals surface area contributed by atoms with Crippen LogP contribution in [0.5, 0.6) is 0 Å². The van der Waals surface area contributed by atoms with Crippen LogP contribution in [0.1, 0.15) is 35.0 Å². The average Bonchev–Trinajstić information content (AvgIpc) is 2.82. The normalized spacial score (nSPS) is 11.0. The molecule has 0 saturated carbocycles. The number of nitrogens with zero attached hydrogens (tertiary/aromatic N) is 3. The summed E-state index contributed by atoms with van der Waals surface area (Å²) in [5.41, 5.74) is 2.31. The van der Waals surface area contributed by atoms with E-state index >= 15 is 0 Å². The minimum absolute atomic E-state index is 0.0808. The van der Waals surface area contributed by atoms with Gasteiger partial charge in [-0.25, -0.2) is 4.79 Å². The summed E-state index contributed by atoms with van der Waals surface area (Å²) in [5, 5.41) is 0.501. The monoisotopic (exact) mass is 413 g/mol. The molecule has 31 heavy (non-hydrogen) atoms. The molecule has 0 saturated heterocycles. The lowest BCUT2D eigenvalue weighted by Crippen LogP contribution is -2.40. The highest BCUT2D eigenvalue weighted by molar-refractivity contribution is 5.95. The maximum Gasteiger partial charge on any atom is 0.331 e. The van der Waals surface area contributed by atoms with Gasteiger partial charge in [0.2, 0.25) is 0 Å². The molecule has 0 aliphatic carbocycles. The molecule has 4 aromatic rings. The number of hydrogen-bond donors (Lipinski definition) is 0. The molecule has 0 aliphatic rings. The summed E-state index contributed by atoms with van der Waals surface area (Å²) >= 11 is 0. The maximum atomic E-state index is 13.3. The molecule has 2 aromatic carbocycles. The van der Waals surface area contributed by atoms with Crippen molar-refractivity contribution < 1.29 is 4.79 Å². The van der Waals surface area contributed by atoms with Crippen molar-refractivity contribution in [3.63, 3.8) is 0 Å². The van der Waals surface area contributed by atoms with Gasteiger partial charge in [-0.15, -0.1) is 0 Å². The van der Waals surface area contributed by atoms with Gasteiger partial charge in [-0.1, -0.05) is 49.4 Å². The molecule has 0 atom stereocenters. The quantitative estimate of drug-likeness (QED) is 0.435. The van der Waals surface area contributed by atoms with Gasteiger partial charge < -0.3 is 0 Å².